The second kappa shape index (κ2) is 8.39. The first-order valence-electron chi connectivity index (χ1n) is 7.69. The summed E-state index contributed by atoms with van der Waals surface area (Å²) >= 11 is 10.2. The fourth-order valence-corrected chi connectivity index (χ4v) is 3.48. The predicted octanol–water partition coefficient (Wildman–Crippen LogP) is 7.20. The van der Waals surface area contributed by atoms with Crippen molar-refractivity contribution in [3.05, 3.63) is 81.0 Å². The molecule has 0 amide bonds. The first-order chi connectivity index (χ1) is 12.0. The van der Waals surface area contributed by atoms with Crippen molar-refractivity contribution >= 4 is 69.6 Å². The number of pyridine rings is 2. The van der Waals surface area contributed by atoms with Gasteiger partial charge in [-0.3, -0.25) is 9.97 Å². The summed E-state index contributed by atoms with van der Waals surface area (Å²) in [6.45, 7) is 2.00. The van der Waals surface area contributed by atoms with Crippen LogP contribution in [0.25, 0.3) is 21.8 Å². The summed E-state index contributed by atoms with van der Waals surface area (Å²) in [6, 6.07) is 20.4. The Hall–Kier alpha value is -1.30. The van der Waals surface area contributed by atoms with Crippen molar-refractivity contribution in [2.75, 3.05) is 0 Å². The number of aromatic nitrogens is 2. The van der Waals surface area contributed by atoms with Gasteiger partial charge in [-0.25, -0.2) is 0 Å². The highest BCUT2D eigenvalue weighted by Gasteiger charge is 1.97. The lowest BCUT2D eigenvalue weighted by Gasteiger charge is -1.99. The van der Waals surface area contributed by atoms with Crippen LogP contribution in [0.3, 0.4) is 0 Å². The summed E-state index contributed by atoms with van der Waals surface area (Å²) in [5, 5.41) is 3.15. The zero-order valence-corrected chi connectivity index (χ0v) is 18.3. The lowest BCUT2D eigenvalue weighted by atomic mass is 10.2. The lowest BCUT2D eigenvalue weighted by molar-refractivity contribution is 1.23. The molecule has 0 radical (unpaired) electrons. The van der Waals surface area contributed by atoms with Gasteiger partial charge in [0.2, 0.25) is 0 Å². The predicted molar refractivity (Wildman–Crippen MR) is 116 cm³/mol. The van der Waals surface area contributed by atoms with E-state index in [1.165, 1.54) is 10.8 Å². The number of halogens is 3. The molecule has 0 bridgehead atoms. The Balaban J connectivity index is 0.000000146. The molecule has 4 aromatic rings. The van der Waals surface area contributed by atoms with Crippen LogP contribution in [0, 0.1) is 6.92 Å². The number of hydrogen-bond donors (Lipinski definition) is 0. The maximum atomic E-state index is 4.47. The molecule has 0 atom stereocenters. The van der Waals surface area contributed by atoms with Gasteiger partial charge in [0.25, 0.3) is 0 Å². The largest absolute Gasteiger partial charge is 0.253 e. The van der Waals surface area contributed by atoms with Gasteiger partial charge in [-0.2, -0.15) is 0 Å². The molecule has 4 rings (SSSR count). The monoisotopic (exact) mass is 520 g/mol. The summed E-state index contributed by atoms with van der Waals surface area (Å²) in [7, 11) is 0. The van der Waals surface area contributed by atoms with Crippen molar-refractivity contribution in [3.63, 3.8) is 0 Å². The van der Waals surface area contributed by atoms with Crippen LogP contribution in [-0.4, -0.2) is 9.97 Å². The Kier molecular flexibility index (Phi) is 6.20. The molecule has 0 saturated heterocycles. The second-order valence-electron chi connectivity index (χ2n) is 5.56. The van der Waals surface area contributed by atoms with Gasteiger partial charge in [-0.05, 0) is 55.5 Å². The van der Waals surface area contributed by atoms with Crippen LogP contribution in [0.5, 0.6) is 0 Å². The Morgan fingerprint density at radius 3 is 1.88 bits per heavy atom. The maximum Gasteiger partial charge on any atom is 0.0706 e. The average molecular weight is 523 g/mol. The minimum Gasteiger partial charge on any atom is -0.253 e. The molecular weight excluding hydrogens is 508 g/mol. The van der Waals surface area contributed by atoms with Crippen LogP contribution in [0.15, 0.2) is 69.6 Å². The smallest absolute Gasteiger partial charge is 0.0706 e. The third kappa shape index (κ3) is 4.87. The van der Waals surface area contributed by atoms with E-state index < -0.39 is 0 Å². The van der Waals surface area contributed by atoms with Crippen molar-refractivity contribution in [2.24, 2.45) is 0 Å². The van der Waals surface area contributed by atoms with E-state index in [0.29, 0.717) is 0 Å². The minimum atomic E-state index is 0.805. The third-order valence-corrected chi connectivity index (χ3v) is 5.20. The normalized spacial score (nSPS) is 10.6. The summed E-state index contributed by atoms with van der Waals surface area (Å²) < 4.78 is 2.19. The van der Waals surface area contributed by atoms with Gasteiger partial charge in [0.05, 0.1) is 16.7 Å². The van der Waals surface area contributed by atoms with E-state index in [4.69, 9.17) is 0 Å². The molecule has 0 fully saturated rings. The molecule has 0 aliphatic rings. The van der Waals surface area contributed by atoms with Gasteiger partial charge >= 0.3 is 0 Å². The number of aryl methyl sites for hydroxylation is 1. The molecule has 126 valence electrons. The zero-order chi connectivity index (χ0) is 17.8. The quantitative estimate of drug-likeness (QED) is 0.247. The number of fused-ring (bicyclic) bond motifs is 2. The molecule has 2 aromatic carbocycles. The van der Waals surface area contributed by atoms with Gasteiger partial charge in [0.15, 0.2) is 0 Å². The molecule has 0 saturated carbocycles. The van der Waals surface area contributed by atoms with Crippen LogP contribution in [0.4, 0.5) is 0 Å². The van der Waals surface area contributed by atoms with E-state index in [1.807, 2.05) is 43.3 Å². The SMILES string of the molecule is BrCc1ccc2cc(Br)ccc2n1.Cc1ccc2cc(Br)ccc2n1. The number of nitrogens with zero attached hydrogens (tertiary/aromatic N) is 2. The van der Waals surface area contributed by atoms with E-state index in [1.54, 1.807) is 0 Å². The van der Waals surface area contributed by atoms with Crippen molar-refractivity contribution < 1.29 is 0 Å². The highest BCUT2D eigenvalue weighted by atomic mass is 79.9. The van der Waals surface area contributed by atoms with Gasteiger partial charge in [-0.15, -0.1) is 0 Å². The van der Waals surface area contributed by atoms with Crippen LogP contribution >= 0.6 is 47.8 Å². The lowest BCUT2D eigenvalue weighted by Crippen LogP contribution is -1.85. The molecule has 0 spiro atoms. The molecular formula is C20H15Br3N2. The van der Waals surface area contributed by atoms with Crippen molar-refractivity contribution in [1.29, 1.82) is 0 Å². The van der Waals surface area contributed by atoms with Gasteiger partial charge in [0, 0.05) is 30.7 Å². The summed E-state index contributed by atoms with van der Waals surface area (Å²) in [5.41, 5.74) is 4.22. The standard InChI is InChI=1S/C10H7Br2N.C10H8BrN/c11-6-9-3-1-7-5-8(12)2-4-10(7)13-9;1-7-2-3-8-6-9(11)4-5-10(8)12-7/h1-5H,6H2;2-6H,1H3. The second-order valence-corrected chi connectivity index (χ2v) is 7.95. The topological polar surface area (TPSA) is 25.8 Å². The van der Waals surface area contributed by atoms with Crippen molar-refractivity contribution in [1.82, 2.24) is 9.97 Å². The molecule has 0 aliphatic carbocycles. The fraction of sp³-hybridized carbons (Fsp3) is 0.100. The molecule has 5 heteroatoms. The molecule has 2 aromatic heterocycles. The average Bonchev–Trinajstić information content (AvgIpc) is 2.62. The van der Waals surface area contributed by atoms with E-state index >= 15 is 0 Å². The maximum absolute atomic E-state index is 4.47. The number of benzene rings is 2. The van der Waals surface area contributed by atoms with Crippen LogP contribution in [0.2, 0.25) is 0 Å². The zero-order valence-electron chi connectivity index (χ0n) is 13.5. The Morgan fingerprint density at radius 1 is 0.720 bits per heavy atom. The third-order valence-electron chi connectivity index (χ3n) is 3.64. The van der Waals surface area contributed by atoms with Gasteiger partial charge < -0.3 is 0 Å². The summed E-state index contributed by atoms with van der Waals surface area (Å²) in [6.07, 6.45) is 0. The summed E-state index contributed by atoms with van der Waals surface area (Å²) in [5.74, 6) is 0. The molecule has 25 heavy (non-hydrogen) atoms. The first-order valence-corrected chi connectivity index (χ1v) is 10.4. The van der Waals surface area contributed by atoms with E-state index in [-0.39, 0.29) is 0 Å². The molecule has 0 unspecified atom stereocenters. The van der Waals surface area contributed by atoms with E-state index in [9.17, 15) is 0 Å². The Bertz CT molecular complexity index is 990. The molecule has 0 N–H and O–H groups in total. The van der Waals surface area contributed by atoms with Gasteiger partial charge in [0.1, 0.15) is 0 Å². The highest BCUT2D eigenvalue weighted by molar-refractivity contribution is 9.10. The van der Waals surface area contributed by atoms with Crippen molar-refractivity contribution in [2.45, 2.75) is 12.3 Å². The molecule has 2 nitrogen and oxygen atoms in total. The van der Waals surface area contributed by atoms with Crippen LogP contribution in [-0.2, 0) is 5.33 Å². The number of rotatable bonds is 1. The Morgan fingerprint density at radius 2 is 1.28 bits per heavy atom. The Labute approximate surface area is 172 Å². The number of hydrogen-bond acceptors (Lipinski definition) is 2. The molecule has 0 aliphatic heterocycles. The van der Waals surface area contributed by atoms with E-state index in [0.717, 1.165) is 36.7 Å². The minimum absolute atomic E-state index is 0.805. The highest BCUT2D eigenvalue weighted by Crippen LogP contribution is 2.19. The first kappa shape index (κ1) is 18.5. The fourth-order valence-electron chi connectivity index (χ4n) is 2.41. The van der Waals surface area contributed by atoms with Gasteiger partial charge in [-0.1, -0.05) is 59.9 Å². The van der Waals surface area contributed by atoms with Crippen LogP contribution < -0.4 is 0 Å². The summed E-state index contributed by atoms with van der Waals surface area (Å²) in [4.78, 5) is 8.86. The van der Waals surface area contributed by atoms with Crippen molar-refractivity contribution in [3.8, 4) is 0 Å². The van der Waals surface area contributed by atoms with E-state index in [2.05, 4.69) is 82.0 Å². The number of alkyl halides is 1. The molecule has 2 heterocycles. The van der Waals surface area contributed by atoms with Crippen LogP contribution in [0.1, 0.15) is 11.4 Å².